The molecule has 14 heavy (non-hydrogen) atoms. The molecule has 0 aliphatic heterocycles. The molecule has 0 saturated heterocycles. The molecule has 1 aromatic rings. The first kappa shape index (κ1) is 12.5. The number of rotatable bonds is 0. The molecule has 0 amide bonds. The molecule has 1 aliphatic rings. The van der Waals surface area contributed by atoms with Gasteiger partial charge in [0.25, 0.3) is 0 Å². The van der Waals surface area contributed by atoms with Crippen molar-refractivity contribution in [2.75, 3.05) is 0 Å². The van der Waals surface area contributed by atoms with Crippen molar-refractivity contribution < 1.29 is 20.8 Å². The number of benzene rings is 1. The van der Waals surface area contributed by atoms with Crippen molar-refractivity contribution in [1.82, 2.24) is 0 Å². The Morgan fingerprint density at radius 1 is 1.07 bits per heavy atom. The van der Waals surface area contributed by atoms with Crippen molar-refractivity contribution >= 4 is 23.1 Å². The molecule has 0 unspecified atom stereocenters. The summed E-state index contributed by atoms with van der Waals surface area (Å²) in [6.07, 6.45) is 4.35. The van der Waals surface area contributed by atoms with Crippen LogP contribution in [0.15, 0.2) is 24.3 Å². The maximum absolute atomic E-state index is 4.93. The predicted octanol–water partition coefficient (Wildman–Crippen LogP) is 4.34. The number of fused-ring (bicyclic) bond motifs is 1. The van der Waals surface area contributed by atoms with E-state index in [1.165, 1.54) is 22.6 Å². The summed E-state index contributed by atoms with van der Waals surface area (Å²) >= 11 is -0.826. The molecule has 1 aliphatic carbocycles. The summed E-state index contributed by atoms with van der Waals surface area (Å²) < 4.78 is 0. The van der Waals surface area contributed by atoms with Crippen LogP contribution in [0.3, 0.4) is 0 Å². The second-order valence-electron chi connectivity index (χ2n) is 3.18. The summed E-state index contributed by atoms with van der Waals surface area (Å²) in [6.45, 7) is 4.28. The molecule has 0 bridgehead atoms. The zero-order chi connectivity index (χ0) is 10.6. The van der Waals surface area contributed by atoms with E-state index in [-0.39, 0.29) is 0 Å². The molecule has 1 aromatic carbocycles. The quantitative estimate of drug-likeness (QED) is 0.669. The first-order chi connectivity index (χ1) is 6.69. The van der Waals surface area contributed by atoms with Crippen LogP contribution in [0, 0.1) is 12.8 Å². The Morgan fingerprint density at radius 2 is 1.71 bits per heavy atom. The summed E-state index contributed by atoms with van der Waals surface area (Å²) in [5.74, 6) is 1.38. The van der Waals surface area contributed by atoms with E-state index in [0.29, 0.717) is 0 Å². The van der Waals surface area contributed by atoms with Crippen molar-refractivity contribution in [3.8, 4) is 0 Å². The Kier molecular flexibility index (Phi) is 5.45. The van der Waals surface area contributed by atoms with E-state index in [1.54, 1.807) is 0 Å². The van der Waals surface area contributed by atoms with Gasteiger partial charge in [-0.3, -0.25) is 0 Å². The fourth-order valence-electron chi connectivity index (χ4n) is 1.48. The second-order valence-corrected chi connectivity index (χ2v) is 6.91. The molecule has 0 fully saturated rings. The first-order valence-electron chi connectivity index (χ1n) is 4.28. The van der Waals surface area contributed by atoms with Gasteiger partial charge in [0.15, 0.2) is 0 Å². The van der Waals surface area contributed by atoms with E-state index < -0.39 is 20.8 Å². The van der Waals surface area contributed by atoms with Crippen molar-refractivity contribution in [3.05, 3.63) is 46.9 Å². The van der Waals surface area contributed by atoms with Gasteiger partial charge in [-0.05, 0) is 18.1 Å². The summed E-state index contributed by atoms with van der Waals surface area (Å²) in [7, 11) is 9.87. The summed E-state index contributed by atoms with van der Waals surface area (Å²) in [4.78, 5) is 0. The Balaban J connectivity index is 0.000000293. The third-order valence-corrected chi connectivity index (χ3v) is 2.14. The van der Waals surface area contributed by atoms with E-state index in [1.807, 2.05) is 0 Å². The van der Waals surface area contributed by atoms with Gasteiger partial charge in [-0.2, -0.15) is 0 Å². The van der Waals surface area contributed by atoms with Gasteiger partial charge in [-0.15, -0.1) is 0 Å². The van der Waals surface area contributed by atoms with Crippen LogP contribution in [0.1, 0.15) is 23.6 Å². The van der Waals surface area contributed by atoms with Gasteiger partial charge in [0.05, 0.1) is 0 Å². The molecule has 3 heteroatoms. The first-order valence-corrected chi connectivity index (χ1v) is 10.6. The normalized spacial score (nSPS) is 13.1. The zero-order valence-corrected chi connectivity index (χ0v) is 12.1. The summed E-state index contributed by atoms with van der Waals surface area (Å²) in [6, 6.07) is 6.58. The molecular formula is C11H11Cl2Zr. The molecule has 1 radical (unpaired) electrons. The van der Waals surface area contributed by atoms with Gasteiger partial charge in [-0.25, -0.2) is 0 Å². The fourth-order valence-corrected chi connectivity index (χ4v) is 1.48. The SMILES string of the molecule is C[C]1C=Cc2cc(C)ccc21.[Cl][Zr][Cl]. The molecule has 0 atom stereocenters. The molecule has 0 aromatic heterocycles. The molecular weight excluding hydrogens is 294 g/mol. The fraction of sp³-hybridized carbons (Fsp3) is 0.182. The van der Waals surface area contributed by atoms with Crippen molar-refractivity contribution in [1.29, 1.82) is 0 Å². The Morgan fingerprint density at radius 3 is 2.36 bits per heavy atom. The van der Waals surface area contributed by atoms with Crippen LogP contribution in [0.5, 0.6) is 0 Å². The van der Waals surface area contributed by atoms with Crippen LogP contribution in [0.25, 0.3) is 6.08 Å². The topological polar surface area (TPSA) is 0 Å². The molecule has 2 rings (SSSR count). The molecule has 0 N–H and O–H groups in total. The molecule has 0 spiro atoms. The summed E-state index contributed by atoms with van der Waals surface area (Å²) in [5.41, 5.74) is 4.08. The average molecular weight is 305 g/mol. The molecule has 0 nitrogen and oxygen atoms in total. The monoisotopic (exact) mass is 303 g/mol. The third kappa shape index (κ3) is 3.22. The number of hydrogen-bond acceptors (Lipinski definition) is 0. The summed E-state index contributed by atoms with van der Waals surface area (Å²) in [5, 5.41) is 0. The van der Waals surface area contributed by atoms with Crippen LogP contribution in [0.4, 0.5) is 0 Å². The second kappa shape index (κ2) is 6.10. The standard InChI is InChI=1S/C11H11.2ClH.Zr/c1-8-3-6-11-9(2)4-5-10(11)7-8;;;/h3-7H,1-2H3;2*1H;/q;;;+2/p-2. The van der Waals surface area contributed by atoms with Crippen molar-refractivity contribution in [3.63, 3.8) is 0 Å². The average Bonchev–Trinajstić information content (AvgIpc) is 2.49. The van der Waals surface area contributed by atoms with Crippen LogP contribution >= 0.6 is 17.0 Å². The minimum absolute atomic E-state index is 0.826. The van der Waals surface area contributed by atoms with Gasteiger partial charge in [0.2, 0.25) is 0 Å². The molecule has 73 valence electrons. The number of halogens is 2. The van der Waals surface area contributed by atoms with Crippen molar-refractivity contribution in [2.45, 2.75) is 13.8 Å². The van der Waals surface area contributed by atoms with Gasteiger partial charge in [0.1, 0.15) is 0 Å². The van der Waals surface area contributed by atoms with Gasteiger partial charge >= 0.3 is 37.9 Å². The molecule has 0 saturated carbocycles. The number of allylic oxidation sites excluding steroid dienone is 1. The van der Waals surface area contributed by atoms with E-state index in [2.05, 4.69) is 44.2 Å². The Hall–Kier alpha value is 0.423. The Bertz CT molecular complexity index is 334. The number of hydrogen-bond donors (Lipinski definition) is 0. The van der Waals surface area contributed by atoms with Gasteiger partial charge in [-0.1, -0.05) is 42.8 Å². The predicted molar refractivity (Wildman–Crippen MR) is 59.9 cm³/mol. The Labute approximate surface area is 104 Å². The molecule has 0 heterocycles. The van der Waals surface area contributed by atoms with Crippen LogP contribution in [-0.2, 0) is 20.8 Å². The van der Waals surface area contributed by atoms with Crippen LogP contribution in [-0.4, -0.2) is 0 Å². The zero-order valence-electron chi connectivity index (χ0n) is 8.14. The van der Waals surface area contributed by atoms with E-state index in [9.17, 15) is 0 Å². The van der Waals surface area contributed by atoms with E-state index >= 15 is 0 Å². The van der Waals surface area contributed by atoms with Crippen molar-refractivity contribution in [2.24, 2.45) is 0 Å². The third-order valence-electron chi connectivity index (χ3n) is 2.14. The van der Waals surface area contributed by atoms with E-state index in [0.717, 1.165) is 0 Å². The van der Waals surface area contributed by atoms with E-state index in [4.69, 9.17) is 17.0 Å². The van der Waals surface area contributed by atoms with Gasteiger partial charge < -0.3 is 0 Å². The number of aryl methyl sites for hydroxylation is 1. The van der Waals surface area contributed by atoms with Gasteiger partial charge in [0, 0.05) is 5.92 Å². The van der Waals surface area contributed by atoms with Crippen LogP contribution < -0.4 is 0 Å². The minimum atomic E-state index is -0.826. The maximum atomic E-state index is 4.93. The van der Waals surface area contributed by atoms with Crippen LogP contribution in [0.2, 0.25) is 0 Å².